The molecule has 0 radical (unpaired) electrons. The van der Waals surface area contributed by atoms with Crippen molar-refractivity contribution in [3.8, 4) is 11.4 Å². The van der Waals surface area contributed by atoms with E-state index in [1.54, 1.807) is 4.90 Å². The molecule has 0 aliphatic carbocycles. The average molecular weight is 487 g/mol. The van der Waals surface area contributed by atoms with Gasteiger partial charge in [0.15, 0.2) is 5.82 Å². The van der Waals surface area contributed by atoms with Crippen molar-refractivity contribution in [2.45, 2.75) is 6.43 Å². The van der Waals surface area contributed by atoms with E-state index in [4.69, 9.17) is 16.2 Å². The standard InChI is InChI=1S/C18H24F2N10O2.ClH/c19-14(20)13-11(10-23-16(22)24-13)15-25-17(27-18(26-15)30-5-7-32-8-6-30)29-3-1-28(2-4-29)12(31)9-21;/h10,14H,1-9,21H2,(H2,22,23,24);1H. The molecule has 2 aromatic rings. The van der Waals surface area contributed by atoms with Gasteiger partial charge in [-0.1, -0.05) is 0 Å². The summed E-state index contributed by atoms with van der Waals surface area (Å²) >= 11 is 0. The van der Waals surface area contributed by atoms with Crippen molar-refractivity contribution in [1.82, 2.24) is 29.8 Å². The summed E-state index contributed by atoms with van der Waals surface area (Å²) in [5, 5.41) is 0. The van der Waals surface area contributed by atoms with Gasteiger partial charge in [-0.3, -0.25) is 4.79 Å². The molecular formula is C18H25ClF2N10O2. The maximum absolute atomic E-state index is 13.7. The molecule has 2 aliphatic rings. The number of nitrogen functional groups attached to an aromatic ring is 1. The summed E-state index contributed by atoms with van der Waals surface area (Å²) in [4.78, 5) is 38.3. The summed E-state index contributed by atoms with van der Waals surface area (Å²) in [7, 11) is 0. The Morgan fingerprint density at radius 2 is 1.61 bits per heavy atom. The fourth-order valence-corrected chi connectivity index (χ4v) is 3.55. The topological polar surface area (TPSA) is 153 Å². The number of morpholine rings is 1. The molecule has 4 heterocycles. The van der Waals surface area contributed by atoms with E-state index in [0.29, 0.717) is 64.4 Å². The SMILES string of the molecule is Cl.NCC(=O)N1CCN(c2nc(-c3cnc(N)nc3C(F)F)nc(N3CCOCC3)n2)CC1. The first kappa shape index (κ1) is 24.7. The predicted molar refractivity (Wildman–Crippen MR) is 118 cm³/mol. The van der Waals surface area contributed by atoms with Crippen LogP contribution in [0.2, 0.25) is 0 Å². The second-order valence-corrected chi connectivity index (χ2v) is 7.26. The molecule has 180 valence electrons. The minimum Gasteiger partial charge on any atom is -0.378 e. The van der Waals surface area contributed by atoms with E-state index in [9.17, 15) is 13.6 Å². The largest absolute Gasteiger partial charge is 0.378 e. The quantitative estimate of drug-likeness (QED) is 0.573. The number of rotatable bonds is 5. The third-order valence-electron chi connectivity index (χ3n) is 5.28. The highest BCUT2D eigenvalue weighted by molar-refractivity contribution is 5.85. The monoisotopic (exact) mass is 486 g/mol. The van der Waals surface area contributed by atoms with Crippen LogP contribution in [-0.4, -0.2) is 94.8 Å². The smallest absolute Gasteiger partial charge is 0.281 e. The fourth-order valence-electron chi connectivity index (χ4n) is 3.55. The third-order valence-corrected chi connectivity index (χ3v) is 5.28. The number of aromatic nitrogens is 5. The Bertz CT molecular complexity index is 971. The van der Waals surface area contributed by atoms with Crippen LogP contribution < -0.4 is 21.3 Å². The highest BCUT2D eigenvalue weighted by atomic mass is 35.5. The summed E-state index contributed by atoms with van der Waals surface area (Å²) in [5.74, 6) is 0.328. The van der Waals surface area contributed by atoms with Gasteiger partial charge in [-0.25, -0.2) is 18.7 Å². The van der Waals surface area contributed by atoms with Crippen molar-refractivity contribution in [2.24, 2.45) is 5.73 Å². The lowest BCUT2D eigenvalue weighted by atomic mass is 10.2. The number of alkyl halides is 2. The lowest BCUT2D eigenvalue weighted by Gasteiger charge is -2.35. The molecule has 0 atom stereocenters. The lowest BCUT2D eigenvalue weighted by Crippen LogP contribution is -2.51. The summed E-state index contributed by atoms with van der Waals surface area (Å²) in [6.07, 6.45) is -1.68. The van der Waals surface area contributed by atoms with Crippen LogP contribution in [0.25, 0.3) is 11.4 Å². The van der Waals surface area contributed by atoms with Crippen LogP contribution in [0.15, 0.2) is 6.20 Å². The number of amides is 1. The second kappa shape index (κ2) is 10.8. The zero-order valence-corrected chi connectivity index (χ0v) is 18.5. The molecular weight excluding hydrogens is 462 g/mol. The number of hydrogen-bond acceptors (Lipinski definition) is 11. The van der Waals surface area contributed by atoms with Crippen molar-refractivity contribution < 1.29 is 18.3 Å². The van der Waals surface area contributed by atoms with Crippen molar-refractivity contribution in [3.63, 3.8) is 0 Å². The van der Waals surface area contributed by atoms with Crippen LogP contribution in [0.5, 0.6) is 0 Å². The van der Waals surface area contributed by atoms with Crippen LogP contribution in [0.4, 0.5) is 26.6 Å². The van der Waals surface area contributed by atoms with E-state index in [0.717, 1.165) is 0 Å². The number of carbonyl (C=O) groups is 1. The van der Waals surface area contributed by atoms with Gasteiger partial charge in [0.1, 0.15) is 5.69 Å². The molecule has 4 N–H and O–H groups in total. The van der Waals surface area contributed by atoms with E-state index in [-0.39, 0.29) is 42.2 Å². The van der Waals surface area contributed by atoms with Gasteiger partial charge in [-0.2, -0.15) is 15.0 Å². The van der Waals surface area contributed by atoms with Gasteiger partial charge in [0.25, 0.3) is 6.43 Å². The first-order chi connectivity index (χ1) is 15.5. The van der Waals surface area contributed by atoms with E-state index >= 15 is 0 Å². The zero-order valence-electron chi connectivity index (χ0n) is 17.7. The van der Waals surface area contributed by atoms with E-state index in [1.807, 2.05) is 9.80 Å². The summed E-state index contributed by atoms with van der Waals surface area (Å²) < 4.78 is 32.7. The van der Waals surface area contributed by atoms with Crippen molar-refractivity contribution in [3.05, 3.63) is 11.9 Å². The molecule has 0 bridgehead atoms. The van der Waals surface area contributed by atoms with Gasteiger partial charge < -0.3 is 30.9 Å². The molecule has 2 aromatic heterocycles. The second-order valence-electron chi connectivity index (χ2n) is 7.26. The van der Waals surface area contributed by atoms with Crippen LogP contribution in [0.1, 0.15) is 12.1 Å². The minimum atomic E-state index is -2.88. The number of carbonyl (C=O) groups excluding carboxylic acids is 1. The molecule has 0 spiro atoms. The summed E-state index contributed by atoms with van der Waals surface area (Å²) in [6, 6.07) is 0. The number of piperazine rings is 1. The van der Waals surface area contributed by atoms with E-state index < -0.39 is 12.1 Å². The molecule has 12 nitrogen and oxygen atoms in total. The third kappa shape index (κ3) is 5.51. The first-order valence-electron chi connectivity index (χ1n) is 10.2. The van der Waals surface area contributed by atoms with Crippen LogP contribution in [0.3, 0.4) is 0 Å². The number of anilines is 3. The Hall–Kier alpha value is -2.97. The van der Waals surface area contributed by atoms with Gasteiger partial charge in [0.05, 0.1) is 25.3 Å². The van der Waals surface area contributed by atoms with Gasteiger partial charge >= 0.3 is 0 Å². The molecule has 4 rings (SSSR count). The van der Waals surface area contributed by atoms with Crippen molar-refractivity contribution in [2.75, 3.05) is 74.6 Å². The number of halogens is 3. The average Bonchev–Trinajstić information content (AvgIpc) is 2.83. The number of hydrogen-bond donors (Lipinski definition) is 2. The molecule has 0 saturated carbocycles. The minimum absolute atomic E-state index is 0. The Labute approximate surface area is 194 Å². The highest BCUT2D eigenvalue weighted by Gasteiger charge is 2.26. The van der Waals surface area contributed by atoms with Crippen LogP contribution >= 0.6 is 12.4 Å². The highest BCUT2D eigenvalue weighted by Crippen LogP contribution is 2.29. The normalized spacial score (nSPS) is 16.7. The van der Waals surface area contributed by atoms with E-state index in [2.05, 4.69) is 24.9 Å². The molecule has 0 aromatic carbocycles. The lowest BCUT2D eigenvalue weighted by molar-refractivity contribution is -0.129. The first-order valence-corrected chi connectivity index (χ1v) is 10.2. The molecule has 2 fully saturated rings. The molecule has 15 heteroatoms. The maximum Gasteiger partial charge on any atom is 0.281 e. The number of ether oxygens (including phenoxy) is 1. The van der Waals surface area contributed by atoms with Crippen molar-refractivity contribution >= 4 is 36.2 Å². The Morgan fingerprint density at radius 1 is 1.00 bits per heavy atom. The number of nitrogens with zero attached hydrogens (tertiary/aromatic N) is 8. The van der Waals surface area contributed by atoms with Gasteiger partial charge in [-0.05, 0) is 0 Å². The van der Waals surface area contributed by atoms with Crippen molar-refractivity contribution in [1.29, 1.82) is 0 Å². The van der Waals surface area contributed by atoms with Crippen LogP contribution in [-0.2, 0) is 9.53 Å². The van der Waals surface area contributed by atoms with Gasteiger partial charge in [0.2, 0.25) is 23.8 Å². The van der Waals surface area contributed by atoms with Gasteiger partial charge in [-0.15, -0.1) is 12.4 Å². The fraction of sp³-hybridized carbons (Fsp3) is 0.556. The molecule has 2 saturated heterocycles. The van der Waals surface area contributed by atoms with Gasteiger partial charge in [0, 0.05) is 45.5 Å². The molecule has 2 aliphatic heterocycles. The molecule has 1 amide bonds. The predicted octanol–water partition coefficient (Wildman–Crippen LogP) is -0.286. The molecule has 33 heavy (non-hydrogen) atoms. The zero-order chi connectivity index (χ0) is 22.7. The summed E-state index contributed by atoms with van der Waals surface area (Å²) in [6.45, 7) is 3.92. The maximum atomic E-state index is 13.7. The number of nitrogens with two attached hydrogens (primary N) is 2. The Morgan fingerprint density at radius 3 is 2.18 bits per heavy atom. The summed E-state index contributed by atoms with van der Waals surface area (Å²) in [5.41, 5.74) is 10.4. The Kier molecular flexibility index (Phi) is 8.05. The van der Waals surface area contributed by atoms with E-state index in [1.165, 1.54) is 6.20 Å². The Balaban J connectivity index is 0.00000306. The van der Waals surface area contributed by atoms with Crippen LogP contribution in [0, 0.1) is 0 Å². The molecule has 0 unspecified atom stereocenters.